The second-order valence-electron chi connectivity index (χ2n) is 5.90. The van der Waals surface area contributed by atoms with Gasteiger partial charge < -0.3 is 15.0 Å². The summed E-state index contributed by atoms with van der Waals surface area (Å²) >= 11 is 0. The van der Waals surface area contributed by atoms with Gasteiger partial charge in [-0.15, -0.1) is 0 Å². The molecule has 0 spiro atoms. The van der Waals surface area contributed by atoms with Gasteiger partial charge in [-0.25, -0.2) is 0 Å². The van der Waals surface area contributed by atoms with Crippen LogP contribution in [0.1, 0.15) is 15.9 Å². The van der Waals surface area contributed by atoms with Gasteiger partial charge in [0.25, 0.3) is 5.91 Å². The van der Waals surface area contributed by atoms with Gasteiger partial charge >= 0.3 is 6.18 Å². The molecule has 0 atom stereocenters. The maximum atomic E-state index is 12.3. The minimum atomic E-state index is -4.36. The summed E-state index contributed by atoms with van der Waals surface area (Å²) in [6.45, 7) is 1.38. The van der Waals surface area contributed by atoms with E-state index in [1.165, 1.54) is 24.3 Å². The minimum Gasteiger partial charge on any atom is -0.489 e. The van der Waals surface area contributed by atoms with Crippen LogP contribution in [0, 0.1) is 0 Å². The van der Waals surface area contributed by atoms with E-state index in [0.717, 1.165) is 18.3 Å². The Morgan fingerprint density at radius 1 is 1.19 bits per heavy atom. The van der Waals surface area contributed by atoms with E-state index in [-0.39, 0.29) is 12.0 Å². The fraction of sp³-hybridized carbons (Fsp3) is 0.211. The topological polar surface area (TPSA) is 41.6 Å². The molecule has 3 rings (SSSR count). The van der Waals surface area contributed by atoms with Crippen LogP contribution in [0.15, 0.2) is 48.5 Å². The number of anilines is 2. The molecule has 0 saturated heterocycles. The molecule has 4 nitrogen and oxygen atoms in total. The quantitative estimate of drug-likeness (QED) is 0.883. The molecule has 1 aliphatic rings. The van der Waals surface area contributed by atoms with Crippen molar-refractivity contribution in [3.8, 4) is 5.75 Å². The molecule has 1 N–H and O–H groups in total. The molecule has 0 aliphatic carbocycles. The average Bonchev–Trinajstić information content (AvgIpc) is 2.60. The van der Waals surface area contributed by atoms with Crippen LogP contribution in [0.25, 0.3) is 6.08 Å². The van der Waals surface area contributed by atoms with E-state index in [9.17, 15) is 18.0 Å². The highest BCUT2D eigenvalue weighted by atomic mass is 19.4. The van der Waals surface area contributed by atoms with Crippen LogP contribution >= 0.6 is 0 Å². The zero-order chi connectivity index (χ0) is 18.7. The van der Waals surface area contributed by atoms with Gasteiger partial charge in [0.05, 0.1) is 12.2 Å². The number of nitrogens with zero attached hydrogens (tertiary/aromatic N) is 1. The molecule has 7 heteroatoms. The number of nitrogens with one attached hydrogen (secondary N) is 1. The van der Waals surface area contributed by atoms with E-state index in [4.69, 9.17) is 4.74 Å². The Morgan fingerprint density at radius 2 is 1.92 bits per heavy atom. The summed E-state index contributed by atoms with van der Waals surface area (Å²) in [4.78, 5) is 14.4. The molecule has 0 radical (unpaired) electrons. The number of benzene rings is 2. The number of likely N-dealkylation sites (N-methyl/N-ethyl adjacent to an activating group) is 1. The number of halogens is 3. The molecule has 1 aliphatic heterocycles. The highest BCUT2D eigenvalue weighted by Crippen LogP contribution is 2.33. The first-order valence-electron chi connectivity index (χ1n) is 7.97. The van der Waals surface area contributed by atoms with Crippen LogP contribution in [0.4, 0.5) is 24.5 Å². The molecule has 0 bridgehead atoms. The van der Waals surface area contributed by atoms with Crippen LogP contribution in [0.5, 0.6) is 5.75 Å². The van der Waals surface area contributed by atoms with Crippen LogP contribution in [0.3, 0.4) is 0 Å². The Balaban J connectivity index is 1.69. The van der Waals surface area contributed by atoms with E-state index >= 15 is 0 Å². The van der Waals surface area contributed by atoms with Gasteiger partial charge in [0, 0.05) is 30.4 Å². The number of fused-ring (bicyclic) bond motifs is 1. The fourth-order valence-corrected chi connectivity index (χ4v) is 2.58. The SMILES string of the molecule is CN1CCOc2cc(NC(=O)c3ccc(/C=C/C(F)(F)F)cc3)ccc21. The Labute approximate surface area is 148 Å². The van der Waals surface area contributed by atoms with Crippen molar-refractivity contribution in [3.05, 3.63) is 59.7 Å². The largest absolute Gasteiger partial charge is 0.489 e. The van der Waals surface area contributed by atoms with Gasteiger partial charge in [-0.2, -0.15) is 13.2 Å². The molecular formula is C19H17F3N2O2. The molecule has 0 unspecified atom stereocenters. The maximum absolute atomic E-state index is 12.3. The smallest absolute Gasteiger partial charge is 0.409 e. The van der Waals surface area contributed by atoms with Crippen LogP contribution < -0.4 is 15.0 Å². The number of allylic oxidation sites excluding steroid dienone is 1. The van der Waals surface area contributed by atoms with E-state index in [1.54, 1.807) is 12.1 Å². The Kier molecular flexibility index (Phi) is 4.88. The van der Waals surface area contributed by atoms with Gasteiger partial charge in [0.2, 0.25) is 0 Å². The van der Waals surface area contributed by atoms with Gasteiger partial charge in [0.15, 0.2) is 0 Å². The van der Waals surface area contributed by atoms with E-state index in [1.807, 2.05) is 13.1 Å². The van der Waals surface area contributed by atoms with Gasteiger partial charge in [-0.1, -0.05) is 18.2 Å². The van der Waals surface area contributed by atoms with Crippen molar-refractivity contribution in [2.24, 2.45) is 0 Å². The summed E-state index contributed by atoms with van der Waals surface area (Å²) < 4.78 is 42.1. The molecule has 1 heterocycles. The molecule has 2 aromatic carbocycles. The second kappa shape index (κ2) is 7.11. The molecule has 2 aromatic rings. The number of carbonyl (C=O) groups is 1. The van der Waals surface area contributed by atoms with Crippen LogP contribution in [-0.2, 0) is 0 Å². The summed E-state index contributed by atoms with van der Waals surface area (Å²) in [5.74, 6) is 0.352. The zero-order valence-electron chi connectivity index (χ0n) is 14.0. The van der Waals surface area contributed by atoms with Crippen LogP contribution in [-0.4, -0.2) is 32.3 Å². The number of hydrogen-bond acceptors (Lipinski definition) is 3. The number of rotatable bonds is 3. The van der Waals surface area contributed by atoms with Crippen molar-refractivity contribution >= 4 is 23.4 Å². The van der Waals surface area contributed by atoms with Crippen molar-refractivity contribution in [3.63, 3.8) is 0 Å². The maximum Gasteiger partial charge on any atom is 0.409 e. The standard InChI is InChI=1S/C19H17F3N2O2/c1-24-10-11-26-17-12-15(6-7-16(17)24)23-18(25)14-4-2-13(3-5-14)8-9-19(20,21)22/h2-9,12H,10-11H2,1H3,(H,23,25)/b9-8+. The molecule has 0 aromatic heterocycles. The summed E-state index contributed by atoms with van der Waals surface area (Å²) in [7, 11) is 1.97. The van der Waals surface area contributed by atoms with Crippen molar-refractivity contribution in [2.75, 3.05) is 30.4 Å². The average molecular weight is 362 g/mol. The summed E-state index contributed by atoms with van der Waals surface area (Å²) in [6, 6.07) is 11.3. The van der Waals surface area contributed by atoms with Crippen molar-refractivity contribution in [2.45, 2.75) is 6.18 Å². The lowest BCUT2D eigenvalue weighted by atomic mass is 10.1. The van der Waals surface area contributed by atoms with E-state index < -0.39 is 6.18 Å². The minimum absolute atomic E-state index is 0.159. The highest BCUT2D eigenvalue weighted by molar-refractivity contribution is 6.04. The molecule has 136 valence electrons. The second-order valence-corrected chi connectivity index (χ2v) is 5.90. The van der Waals surface area contributed by atoms with Gasteiger partial charge in [-0.3, -0.25) is 4.79 Å². The number of alkyl halides is 3. The third-order valence-corrected chi connectivity index (χ3v) is 3.95. The third-order valence-electron chi connectivity index (χ3n) is 3.95. The number of ether oxygens (including phenoxy) is 1. The van der Waals surface area contributed by atoms with Gasteiger partial charge in [0.1, 0.15) is 12.4 Å². The zero-order valence-corrected chi connectivity index (χ0v) is 14.0. The molecule has 0 saturated carbocycles. The lowest BCUT2D eigenvalue weighted by Crippen LogP contribution is -2.28. The van der Waals surface area contributed by atoms with Crippen molar-refractivity contribution in [1.29, 1.82) is 0 Å². The first-order chi connectivity index (χ1) is 12.3. The van der Waals surface area contributed by atoms with Gasteiger partial charge in [-0.05, 0) is 29.8 Å². The molecule has 26 heavy (non-hydrogen) atoms. The molecule has 0 fully saturated rings. The Hall–Kier alpha value is -2.96. The summed E-state index contributed by atoms with van der Waals surface area (Å²) in [6.07, 6.45) is -3.25. The fourth-order valence-electron chi connectivity index (χ4n) is 2.58. The van der Waals surface area contributed by atoms with Crippen molar-refractivity contribution < 1.29 is 22.7 Å². The highest BCUT2D eigenvalue weighted by Gasteiger charge is 2.21. The number of hydrogen-bond donors (Lipinski definition) is 1. The Bertz CT molecular complexity index is 830. The van der Waals surface area contributed by atoms with Crippen molar-refractivity contribution in [1.82, 2.24) is 0 Å². The third kappa shape index (κ3) is 4.36. The van der Waals surface area contributed by atoms with E-state index in [2.05, 4.69) is 10.2 Å². The first kappa shape index (κ1) is 17.8. The lowest BCUT2D eigenvalue weighted by molar-refractivity contribution is -0.0790. The first-order valence-corrected chi connectivity index (χ1v) is 7.97. The predicted molar refractivity (Wildman–Crippen MR) is 94.7 cm³/mol. The number of carbonyl (C=O) groups excluding carboxylic acids is 1. The summed E-state index contributed by atoms with van der Waals surface area (Å²) in [5, 5.41) is 2.76. The predicted octanol–water partition coefficient (Wildman–Crippen LogP) is 4.34. The monoisotopic (exact) mass is 362 g/mol. The van der Waals surface area contributed by atoms with E-state index in [0.29, 0.717) is 29.2 Å². The Morgan fingerprint density at radius 3 is 2.62 bits per heavy atom. The molecule has 1 amide bonds. The van der Waals surface area contributed by atoms with Crippen LogP contribution in [0.2, 0.25) is 0 Å². The molecular weight excluding hydrogens is 345 g/mol. The summed E-state index contributed by atoms with van der Waals surface area (Å²) in [5.41, 5.74) is 2.26. The number of amides is 1. The lowest BCUT2D eigenvalue weighted by Gasteiger charge is -2.27. The normalized spacial score (nSPS) is 14.1.